The van der Waals surface area contributed by atoms with Crippen molar-refractivity contribution in [1.29, 1.82) is 0 Å². The fourth-order valence-electron chi connectivity index (χ4n) is 3.97. The van der Waals surface area contributed by atoms with E-state index in [9.17, 15) is 0 Å². The average Bonchev–Trinajstić information content (AvgIpc) is 2.86. The summed E-state index contributed by atoms with van der Waals surface area (Å²) in [5, 5.41) is 0. The van der Waals surface area contributed by atoms with Crippen molar-refractivity contribution in [3.8, 4) is 5.88 Å². The van der Waals surface area contributed by atoms with Crippen molar-refractivity contribution in [3.63, 3.8) is 0 Å². The van der Waals surface area contributed by atoms with Crippen molar-refractivity contribution in [3.05, 3.63) is 46.7 Å². The van der Waals surface area contributed by atoms with E-state index in [0.29, 0.717) is 18.0 Å². The third kappa shape index (κ3) is 3.00. The van der Waals surface area contributed by atoms with Gasteiger partial charge < -0.3 is 9.64 Å². The minimum atomic E-state index is 0.477. The van der Waals surface area contributed by atoms with Crippen LogP contribution in [0, 0.1) is 0 Å². The van der Waals surface area contributed by atoms with Crippen LogP contribution < -0.4 is 9.64 Å². The highest BCUT2D eigenvalue weighted by Crippen LogP contribution is 2.38. The monoisotopic (exact) mass is 388 g/mol. The molecule has 1 aromatic carbocycles. The van der Waals surface area contributed by atoms with Gasteiger partial charge in [-0.15, -0.1) is 0 Å². The molecule has 6 heteroatoms. The molecule has 2 atom stereocenters. The summed E-state index contributed by atoms with van der Waals surface area (Å²) in [7, 11) is 1.66. The molecular formula is C18H21BrN4O. The molecule has 5 nitrogen and oxygen atoms in total. The first-order valence-electron chi connectivity index (χ1n) is 8.35. The molecule has 2 aliphatic rings. The van der Waals surface area contributed by atoms with E-state index in [1.165, 1.54) is 18.4 Å². The van der Waals surface area contributed by atoms with Crippen LogP contribution in [0.1, 0.15) is 18.4 Å². The smallest absolute Gasteiger partial charge is 0.257 e. The molecule has 0 aliphatic carbocycles. The van der Waals surface area contributed by atoms with Crippen molar-refractivity contribution in [1.82, 2.24) is 14.9 Å². The molecule has 3 heterocycles. The van der Waals surface area contributed by atoms with Gasteiger partial charge in [-0.25, -0.2) is 9.97 Å². The van der Waals surface area contributed by atoms with E-state index in [1.54, 1.807) is 13.3 Å². The second kappa shape index (κ2) is 6.69. The summed E-state index contributed by atoms with van der Waals surface area (Å²) in [5.41, 5.74) is 1.38. The molecule has 0 spiro atoms. The number of nitrogens with zero attached hydrogens (tertiary/aromatic N) is 4. The second-order valence-corrected chi connectivity index (χ2v) is 7.31. The molecule has 0 saturated carbocycles. The molecule has 2 saturated heterocycles. The van der Waals surface area contributed by atoms with Crippen LogP contribution in [0.3, 0.4) is 0 Å². The number of benzene rings is 1. The Morgan fingerprint density at radius 3 is 2.54 bits per heavy atom. The number of aromatic nitrogens is 2. The number of halogens is 1. The zero-order valence-corrected chi connectivity index (χ0v) is 15.3. The van der Waals surface area contributed by atoms with E-state index < -0.39 is 0 Å². The van der Waals surface area contributed by atoms with E-state index in [-0.39, 0.29) is 0 Å². The predicted molar refractivity (Wildman–Crippen MR) is 97.3 cm³/mol. The fraction of sp³-hybridized carbons (Fsp3) is 0.444. The van der Waals surface area contributed by atoms with Gasteiger partial charge in [0.05, 0.1) is 13.3 Å². The number of anilines is 1. The lowest BCUT2D eigenvalue weighted by Crippen LogP contribution is -2.53. The van der Waals surface area contributed by atoms with Crippen LogP contribution in [0.15, 0.2) is 41.1 Å². The summed E-state index contributed by atoms with van der Waals surface area (Å²) in [4.78, 5) is 14.0. The van der Waals surface area contributed by atoms with E-state index in [2.05, 4.69) is 66.0 Å². The molecule has 4 rings (SSSR count). The zero-order chi connectivity index (χ0) is 16.5. The Morgan fingerprint density at radius 1 is 1.17 bits per heavy atom. The maximum atomic E-state index is 5.45. The van der Waals surface area contributed by atoms with Crippen molar-refractivity contribution in [2.24, 2.45) is 0 Å². The second-order valence-electron chi connectivity index (χ2n) is 6.50. The molecule has 24 heavy (non-hydrogen) atoms. The zero-order valence-electron chi connectivity index (χ0n) is 13.7. The summed E-state index contributed by atoms with van der Waals surface area (Å²) in [6.45, 7) is 3.13. The van der Waals surface area contributed by atoms with Gasteiger partial charge in [0, 0.05) is 31.7 Å². The minimum Gasteiger partial charge on any atom is -0.478 e. The lowest BCUT2D eigenvalue weighted by Gasteiger charge is -2.42. The summed E-state index contributed by atoms with van der Waals surface area (Å²) < 4.78 is 6.20. The molecule has 2 aliphatic heterocycles. The first-order valence-corrected chi connectivity index (χ1v) is 9.15. The topological polar surface area (TPSA) is 41.5 Å². The molecule has 1 aromatic heterocycles. The quantitative estimate of drug-likeness (QED) is 0.804. The predicted octanol–water partition coefficient (Wildman–Crippen LogP) is 3.10. The van der Waals surface area contributed by atoms with Crippen LogP contribution in [-0.2, 0) is 6.54 Å². The van der Waals surface area contributed by atoms with Gasteiger partial charge in [0.15, 0.2) is 5.82 Å². The third-order valence-corrected chi connectivity index (χ3v) is 5.32. The van der Waals surface area contributed by atoms with Gasteiger partial charge >= 0.3 is 0 Å². The van der Waals surface area contributed by atoms with Crippen molar-refractivity contribution in [2.45, 2.75) is 31.5 Å². The number of fused-ring (bicyclic) bond motifs is 2. The Bertz CT molecular complexity index is 697. The van der Waals surface area contributed by atoms with Crippen LogP contribution in [0.25, 0.3) is 0 Å². The maximum absolute atomic E-state index is 5.45. The lowest BCUT2D eigenvalue weighted by atomic mass is 10.1. The first kappa shape index (κ1) is 15.8. The number of methoxy groups -OCH3 is 1. The van der Waals surface area contributed by atoms with Crippen molar-refractivity contribution >= 4 is 21.7 Å². The van der Waals surface area contributed by atoms with E-state index >= 15 is 0 Å². The van der Waals surface area contributed by atoms with Crippen molar-refractivity contribution in [2.75, 3.05) is 25.1 Å². The van der Waals surface area contributed by atoms with Gasteiger partial charge in [-0.2, -0.15) is 0 Å². The summed E-state index contributed by atoms with van der Waals surface area (Å²) >= 11 is 3.44. The molecule has 0 amide bonds. The first-order chi connectivity index (χ1) is 11.7. The van der Waals surface area contributed by atoms with E-state index in [1.807, 2.05) is 0 Å². The Balaban J connectivity index is 1.54. The maximum Gasteiger partial charge on any atom is 0.257 e. The average molecular weight is 389 g/mol. The summed E-state index contributed by atoms with van der Waals surface area (Å²) in [6, 6.07) is 11.7. The molecule has 2 bridgehead atoms. The van der Waals surface area contributed by atoms with Gasteiger partial charge in [-0.1, -0.05) is 30.3 Å². The molecule has 2 aromatic rings. The molecule has 2 unspecified atom stereocenters. The fourth-order valence-corrected chi connectivity index (χ4v) is 4.24. The van der Waals surface area contributed by atoms with Gasteiger partial charge in [-0.05, 0) is 34.3 Å². The molecule has 0 radical (unpaired) electrons. The standard InChI is InChI=1S/C18H21BrN4O/c1-24-18-17(21-16(19)9-20-18)23-14-7-8-15(23)12-22(11-14)10-13-5-3-2-4-6-13/h2-6,9,14-15H,7-8,10-12H2,1H3. The molecule has 2 fully saturated rings. The van der Waals surface area contributed by atoms with Crippen LogP contribution in [-0.4, -0.2) is 47.2 Å². The number of ether oxygens (including phenoxy) is 1. The minimum absolute atomic E-state index is 0.477. The Labute approximate surface area is 150 Å². The van der Waals surface area contributed by atoms with Crippen LogP contribution in [0.2, 0.25) is 0 Å². The highest BCUT2D eigenvalue weighted by molar-refractivity contribution is 9.10. The van der Waals surface area contributed by atoms with Crippen LogP contribution in [0.4, 0.5) is 5.82 Å². The number of rotatable bonds is 4. The van der Waals surface area contributed by atoms with Crippen LogP contribution >= 0.6 is 15.9 Å². The number of hydrogen-bond acceptors (Lipinski definition) is 5. The lowest BCUT2D eigenvalue weighted by molar-refractivity contribution is 0.210. The van der Waals surface area contributed by atoms with E-state index in [4.69, 9.17) is 4.74 Å². The molecular weight excluding hydrogens is 368 g/mol. The highest BCUT2D eigenvalue weighted by atomic mass is 79.9. The number of hydrogen-bond donors (Lipinski definition) is 0. The van der Waals surface area contributed by atoms with Gasteiger partial charge in [-0.3, -0.25) is 4.90 Å². The normalized spacial score (nSPS) is 23.5. The number of likely N-dealkylation sites (tertiary alicyclic amines) is 1. The molecule has 126 valence electrons. The number of piperazine rings is 1. The Morgan fingerprint density at radius 2 is 1.88 bits per heavy atom. The summed E-state index contributed by atoms with van der Waals surface area (Å²) in [6.07, 6.45) is 4.09. The van der Waals surface area contributed by atoms with Gasteiger partial charge in [0.25, 0.3) is 5.88 Å². The largest absolute Gasteiger partial charge is 0.478 e. The van der Waals surface area contributed by atoms with E-state index in [0.717, 1.165) is 30.1 Å². The summed E-state index contributed by atoms with van der Waals surface area (Å²) in [5.74, 6) is 1.49. The Hall–Kier alpha value is -1.66. The van der Waals surface area contributed by atoms with Crippen molar-refractivity contribution < 1.29 is 4.74 Å². The van der Waals surface area contributed by atoms with Crippen LogP contribution in [0.5, 0.6) is 5.88 Å². The SMILES string of the molecule is COc1ncc(Br)nc1N1C2CCC1CN(Cc1ccccc1)C2. The van der Waals surface area contributed by atoms with Gasteiger partial charge in [0.2, 0.25) is 0 Å². The van der Waals surface area contributed by atoms with Gasteiger partial charge in [0.1, 0.15) is 4.60 Å². The highest BCUT2D eigenvalue weighted by Gasteiger charge is 2.42. The molecule has 0 N–H and O–H groups in total. The Kier molecular flexibility index (Phi) is 4.41. The third-order valence-electron chi connectivity index (χ3n) is 4.94.